The number of benzene rings is 1. The lowest BCUT2D eigenvalue weighted by molar-refractivity contribution is -0.384. The second-order valence-electron chi connectivity index (χ2n) is 2.92. The quantitative estimate of drug-likeness (QED) is 0.681. The van der Waals surface area contributed by atoms with Crippen molar-refractivity contribution in [2.24, 2.45) is 0 Å². The Hall–Kier alpha value is -0.860. The van der Waals surface area contributed by atoms with Crippen LogP contribution < -0.4 is 4.72 Å². The molecular weight excluding hydrogens is 324 g/mol. The molecule has 0 bridgehead atoms. The maximum absolute atomic E-state index is 11.0. The largest absolute Gasteiger partial charge is 0.281 e. The number of nitro groups is 1. The third-order valence-corrected chi connectivity index (χ3v) is 3.02. The predicted molar refractivity (Wildman–Crippen MR) is 64.3 cm³/mol. The Morgan fingerprint density at radius 3 is 2.44 bits per heavy atom. The van der Waals surface area contributed by atoms with Gasteiger partial charge in [-0.05, 0) is 15.9 Å². The number of hydrogen-bond donors (Lipinski definition) is 1. The number of hydrogen-bond acceptors (Lipinski definition) is 4. The van der Waals surface area contributed by atoms with Gasteiger partial charge in [0.05, 0.1) is 26.4 Å². The summed E-state index contributed by atoms with van der Waals surface area (Å²) < 4.78 is 24.4. The van der Waals surface area contributed by atoms with E-state index >= 15 is 0 Å². The van der Waals surface area contributed by atoms with Crippen molar-refractivity contribution in [2.45, 2.75) is 0 Å². The van der Waals surface area contributed by atoms with Crippen molar-refractivity contribution in [2.75, 3.05) is 11.0 Å². The lowest BCUT2D eigenvalue weighted by Crippen LogP contribution is -2.10. The van der Waals surface area contributed by atoms with E-state index in [4.69, 9.17) is 11.6 Å². The molecule has 0 fully saturated rings. The van der Waals surface area contributed by atoms with Gasteiger partial charge in [0, 0.05) is 12.1 Å². The van der Waals surface area contributed by atoms with Crippen molar-refractivity contribution < 1.29 is 13.3 Å². The Morgan fingerprint density at radius 2 is 2.06 bits per heavy atom. The fraction of sp³-hybridized carbons (Fsp3) is 0.143. The first-order valence-electron chi connectivity index (χ1n) is 3.82. The molecule has 9 heteroatoms. The molecule has 0 saturated carbocycles. The van der Waals surface area contributed by atoms with Crippen LogP contribution in [0.2, 0.25) is 5.02 Å². The number of rotatable bonds is 3. The fourth-order valence-corrected chi connectivity index (χ4v) is 2.65. The molecule has 1 aromatic carbocycles. The summed E-state index contributed by atoms with van der Waals surface area (Å²) in [7, 11) is -3.49. The van der Waals surface area contributed by atoms with Gasteiger partial charge in [-0.25, -0.2) is 8.42 Å². The molecule has 0 aliphatic rings. The Kier molecular flexibility index (Phi) is 3.76. The van der Waals surface area contributed by atoms with E-state index in [1.165, 1.54) is 6.07 Å². The van der Waals surface area contributed by atoms with Gasteiger partial charge in [-0.2, -0.15) is 0 Å². The minimum Gasteiger partial charge on any atom is -0.281 e. The van der Waals surface area contributed by atoms with E-state index in [1.54, 1.807) is 0 Å². The number of non-ortho nitro benzene ring substituents is 1. The molecule has 1 N–H and O–H groups in total. The van der Waals surface area contributed by atoms with Crippen LogP contribution in [0.1, 0.15) is 0 Å². The van der Waals surface area contributed by atoms with Gasteiger partial charge in [0.2, 0.25) is 10.0 Å². The van der Waals surface area contributed by atoms with Crippen molar-refractivity contribution in [3.63, 3.8) is 0 Å². The van der Waals surface area contributed by atoms with Gasteiger partial charge in [-0.15, -0.1) is 0 Å². The summed E-state index contributed by atoms with van der Waals surface area (Å²) in [6.45, 7) is 0. The zero-order chi connectivity index (χ0) is 12.5. The maximum Gasteiger partial charge on any atom is 0.272 e. The van der Waals surface area contributed by atoms with Gasteiger partial charge >= 0.3 is 0 Å². The molecule has 0 unspecified atom stereocenters. The molecule has 0 aromatic heterocycles. The van der Waals surface area contributed by atoms with E-state index in [1.807, 2.05) is 0 Å². The summed E-state index contributed by atoms with van der Waals surface area (Å²) in [5.41, 5.74) is -0.148. The zero-order valence-electron chi connectivity index (χ0n) is 7.90. The van der Waals surface area contributed by atoms with Crippen LogP contribution in [0, 0.1) is 10.1 Å². The monoisotopic (exact) mass is 328 g/mol. The normalized spacial score (nSPS) is 11.2. The van der Waals surface area contributed by atoms with Crippen LogP contribution in [0.5, 0.6) is 0 Å². The van der Waals surface area contributed by atoms with Crippen LogP contribution in [0.4, 0.5) is 11.4 Å². The van der Waals surface area contributed by atoms with Crippen LogP contribution in [0.15, 0.2) is 16.6 Å². The van der Waals surface area contributed by atoms with E-state index < -0.39 is 14.9 Å². The highest BCUT2D eigenvalue weighted by molar-refractivity contribution is 9.10. The maximum atomic E-state index is 11.0. The fourth-order valence-electron chi connectivity index (χ4n) is 0.948. The highest BCUT2D eigenvalue weighted by atomic mass is 79.9. The second kappa shape index (κ2) is 4.56. The summed E-state index contributed by atoms with van der Waals surface area (Å²) in [4.78, 5) is 9.87. The Balaban J connectivity index is 3.28. The third-order valence-electron chi connectivity index (χ3n) is 1.53. The topological polar surface area (TPSA) is 89.3 Å². The minimum absolute atomic E-state index is 0.0495. The van der Waals surface area contributed by atoms with Crippen LogP contribution >= 0.6 is 27.5 Å². The van der Waals surface area contributed by atoms with Crippen molar-refractivity contribution in [1.82, 2.24) is 0 Å². The standard InChI is InChI=1S/C7H6BrClN2O4S/c1-16(14,15)10-7-5(8)2-4(11(12)13)3-6(7)9/h2-3,10H,1H3. The first kappa shape index (κ1) is 13.2. The summed E-state index contributed by atoms with van der Waals surface area (Å²) in [5.74, 6) is 0. The zero-order valence-corrected chi connectivity index (χ0v) is 11.1. The molecule has 0 radical (unpaired) electrons. The smallest absolute Gasteiger partial charge is 0.272 e. The number of nitro benzene ring substituents is 1. The SMILES string of the molecule is CS(=O)(=O)Nc1c(Cl)cc([N+](=O)[O-])cc1Br. The van der Waals surface area contributed by atoms with E-state index in [0.717, 1.165) is 12.3 Å². The van der Waals surface area contributed by atoms with Crippen LogP contribution in [0.3, 0.4) is 0 Å². The summed E-state index contributed by atoms with van der Waals surface area (Å²) in [5, 5.41) is 10.4. The molecular formula is C7H6BrClN2O4S. The lowest BCUT2D eigenvalue weighted by atomic mass is 10.3. The molecule has 0 heterocycles. The number of sulfonamides is 1. The first-order chi connectivity index (χ1) is 7.20. The lowest BCUT2D eigenvalue weighted by Gasteiger charge is -2.08. The van der Waals surface area contributed by atoms with Crippen molar-refractivity contribution in [1.29, 1.82) is 0 Å². The average Bonchev–Trinajstić information content (AvgIpc) is 2.09. The van der Waals surface area contributed by atoms with Gasteiger partial charge < -0.3 is 0 Å². The summed E-state index contributed by atoms with van der Waals surface area (Å²) in [6, 6.07) is 2.24. The Labute approximate surface area is 105 Å². The molecule has 1 aromatic rings. The van der Waals surface area contributed by atoms with E-state index in [2.05, 4.69) is 20.7 Å². The first-order valence-corrected chi connectivity index (χ1v) is 6.88. The summed E-state index contributed by atoms with van der Waals surface area (Å²) in [6.07, 6.45) is 0.956. The molecule has 0 saturated heterocycles. The molecule has 1 rings (SSSR count). The number of nitrogens with zero attached hydrogens (tertiary/aromatic N) is 1. The van der Waals surface area contributed by atoms with Gasteiger partial charge in [-0.3, -0.25) is 14.8 Å². The van der Waals surface area contributed by atoms with Crippen molar-refractivity contribution >= 4 is 48.9 Å². The highest BCUT2D eigenvalue weighted by Gasteiger charge is 2.16. The number of halogens is 2. The molecule has 6 nitrogen and oxygen atoms in total. The number of nitrogens with one attached hydrogen (secondary N) is 1. The predicted octanol–water partition coefficient (Wildman–Crippen LogP) is 2.38. The molecule has 0 aliphatic heterocycles. The molecule has 0 amide bonds. The molecule has 16 heavy (non-hydrogen) atoms. The van der Waals surface area contributed by atoms with E-state index in [9.17, 15) is 18.5 Å². The van der Waals surface area contributed by atoms with Crippen LogP contribution in [-0.2, 0) is 10.0 Å². The van der Waals surface area contributed by atoms with Gasteiger partial charge in [0.15, 0.2) is 0 Å². The second-order valence-corrected chi connectivity index (χ2v) is 5.93. The van der Waals surface area contributed by atoms with Crippen LogP contribution in [-0.4, -0.2) is 19.6 Å². The van der Waals surface area contributed by atoms with Gasteiger partial charge in [0.1, 0.15) is 0 Å². The molecule has 0 spiro atoms. The molecule has 0 aliphatic carbocycles. The van der Waals surface area contributed by atoms with Crippen molar-refractivity contribution in [3.8, 4) is 0 Å². The van der Waals surface area contributed by atoms with E-state index in [0.29, 0.717) is 0 Å². The van der Waals surface area contributed by atoms with Gasteiger partial charge in [0.25, 0.3) is 5.69 Å². The van der Waals surface area contributed by atoms with Crippen LogP contribution in [0.25, 0.3) is 0 Å². The van der Waals surface area contributed by atoms with Crippen molar-refractivity contribution in [3.05, 3.63) is 31.7 Å². The number of anilines is 1. The third kappa shape index (κ3) is 3.32. The summed E-state index contributed by atoms with van der Waals surface area (Å²) >= 11 is 8.73. The average molecular weight is 330 g/mol. The minimum atomic E-state index is -3.49. The molecule has 88 valence electrons. The van der Waals surface area contributed by atoms with Gasteiger partial charge in [-0.1, -0.05) is 11.6 Å². The Bertz CT molecular complexity index is 522. The Morgan fingerprint density at radius 1 is 1.50 bits per heavy atom. The molecule has 0 atom stereocenters. The highest BCUT2D eigenvalue weighted by Crippen LogP contribution is 2.35. The van der Waals surface area contributed by atoms with E-state index in [-0.39, 0.29) is 20.9 Å².